The van der Waals surface area contributed by atoms with E-state index in [4.69, 9.17) is 5.73 Å². The Labute approximate surface area is 93.1 Å². The molecule has 0 aliphatic heterocycles. The van der Waals surface area contributed by atoms with Crippen LogP contribution in [-0.4, -0.2) is 25.3 Å². The van der Waals surface area contributed by atoms with Crippen molar-refractivity contribution in [2.45, 2.75) is 6.42 Å². The summed E-state index contributed by atoms with van der Waals surface area (Å²) in [4.78, 5) is 10.00. The van der Waals surface area contributed by atoms with Gasteiger partial charge in [-0.25, -0.2) is 8.42 Å². The molecule has 0 saturated heterocycles. The van der Waals surface area contributed by atoms with Gasteiger partial charge in [0.05, 0.1) is 10.7 Å². The van der Waals surface area contributed by atoms with Crippen LogP contribution in [0.15, 0.2) is 18.2 Å². The summed E-state index contributed by atoms with van der Waals surface area (Å²) in [5.74, 6) is -0.0711. The number of benzene rings is 1. The molecule has 1 aromatic rings. The summed E-state index contributed by atoms with van der Waals surface area (Å²) in [5.41, 5.74) is 5.91. The number of hydrogen-bond donors (Lipinski definition) is 1. The normalized spacial score (nSPS) is 11.3. The molecule has 0 spiro atoms. The third-order valence-electron chi connectivity index (χ3n) is 2.11. The summed E-state index contributed by atoms with van der Waals surface area (Å²) in [6.45, 7) is 0. The van der Waals surface area contributed by atoms with Crippen LogP contribution in [0.1, 0.15) is 5.56 Å². The van der Waals surface area contributed by atoms with Crippen molar-refractivity contribution in [1.82, 2.24) is 0 Å². The van der Waals surface area contributed by atoms with Crippen molar-refractivity contribution < 1.29 is 13.3 Å². The van der Waals surface area contributed by atoms with Crippen LogP contribution in [0.5, 0.6) is 0 Å². The molecule has 7 heteroatoms. The van der Waals surface area contributed by atoms with Crippen molar-refractivity contribution in [2.24, 2.45) is 0 Å². The number of sulfone groups is 1. The molecule has 0 aliphatic rings. The first-order chi connectivity index (χ1) is 7.31. The van der Waals surface area contributed by atoms with Crippen LogP contribution < -0.4 is 5.73 Å². The maximum Gasteiger partial charge on any atom is 0.292 e. The third kappa shape index (κ3) is 3.20. The fraction of sp³-hybridized carbons (Fsp3) is 0.333. The lowest BCUT2D eigenvalue weighted by atomic mass is 10.1. The molecule has 0 amide bonds. The largest absolute Gasteiger partial charge is 0.393 e. The Morgan fingerprint density at radius 2 is 2.06 bits per heavy atom. The van der Waals surface area contributed by atoms with Crippen LogP contribution in [0.3, 0.4) is 0 Å². The summed E-state index contributed by atoms with van der Waals surface area (Å²) >= 11 is 0. The number of aryl methyl sites for hydroxylation is 1. The standard InChI is InChI=1S/C9H12N2O4S/c1-16(14,15)6-5-7-3-2-4-8(9(7)10)11(12)13/h2-4H,5-6,10H2,1H3. The average molecular weight is 244 g/mol. The van der Waals surface area contributed by atoms with E-state index >= 15 is 0 Å². The molecule has 0 heterocycles. The molecule has 1 aromatic carbocycles. The Hall–Kier alpha value is -1.63. The Morgan fingerprint density at radius 1 is 1.44 bits per heavy atom. The van der Waals surface area contributed by atoms with Gasteiger partial charge >= 0.3 is 0 Å². The molecule has 16 heavy (non-hydrogen) atoms. The van der Waals surface area contributed by atoms with Gasteiger partial charge in [-0.3, -0.25) is 10.1 Å². The molecule has 0 aromatic heterocycles. The predicted molar refractivity (Wildman–Crippen MR) is 60.9 cm³/mol. The molecule has 0 unspecified atom stereocenters. The van der Waals surface area contributed by atoms with Gasteiger partial charge < -0.3 is 5.73 Å². The van der Waals surface area contributed by atoms with E-state index in [2.05, 4.69) is 0 Å². The molecule has 1 rings (SSSR count). The lowest BCUT2D eigenvalue weighted by Gasteiger charge is -2.04. The lowest BCUT2D eigenvalue weighted by Crippen LogP contribution is -2.08. The number of nitrogens with zero attached hydrogens (tertiary/aromatic N) is 1. The highest BCUT2D eigenvalue weighted by atomic mass is 32.2. The average Bonchev–Trinajstić information content (AvgIpc) is 2.14. The van der Waals surface area contributed by atoms with E-state index in [1.165, 1.54) is 12.1 Å². The molecule has 2 N–H and O–H groups in total. The van der Waals surface area contributed by atoms with Crippen molar-refractivity contribution in [3.63, 3.8) is 0 Å². The van der Waals surface area contributed by atoms with Gasteiger partial charge in [-0.2, -0.15) is 0 Å². The number of nitrogens with two attached hydrogens (primary N) is 1. The third-order valence-corrected chi connectivity index (χ3v) is 3.06. The number of para-hydroxylation sites is 1. The van der Waals surface area contributed by atoms with E-state index in [-0.39, 0.29) is 23.5 Å². The van der Waals surface area contributed by atoms with Crippen molar-refractivity contribution in [2.75, 3.05) is 17.7 Å². The first-order valence-electron chi connectivity index (χ1n) is 4.51. The Morgan fingerprint density at radius 3 is 2.56 bits per heavy atom. The van der Waals surface area contributed by atoms with Gasteiger partial charge in [0.1, 0.15) is 15.5 Å². The topological polar surface area (TPSA) is 103 Å². The number of rotatable bonds is 4. The first-order valence-corrected chi connectivity index (χ1v) is 6.57. The van der Waals surface area contributed by atoms with Gasteiger partial charge in [-0.15, -0.1) is 0 Å². The van der Waals surface area contributed by atoms with Crippen LogP contribution in [0.4, 0.5) is 11.4 Å². The smallest absolute Gasteiger partial charge is 0.292 e. The SMILES string of the molecule is CS(=O)(=O)CCc1cccc([N+](=O)[O-])c1N. The summed E-state index contributed by atoms with van der Waals surface area (Å²) in [6.07, 6.45) is 1.30. The minimum Gasteiger partial charge on any atom is -0.393 e. The van der Waals surface area contributed by atoms with E-state index in [1.807, 2.05) is 0 Å². The van der Waals surface area contributed by atoms with E-state index in [0.29, 0.717) is 5.56 Å². The van der Waals surface area contributed by atoms with E-state index in [0.717, 1.165) is 6.26 Å². The molecule has 0 atom stereocenters. The summed E-state index contributed by atoms with van der Waals surface area (Å²) in [7, 11) is -3.10. The second kappa shape index (κ2) is 4.48. The molecular weight excluding hydrogens is 232 g/mol. The van der Waals surface area contributed by atoms with Crippen LogP contribution in [0, 0.1) is 10.1 Å². The molecule has 88 valence electrons. The Balaban J connectivity index is 2.98. The Kier molecular flexibility index (Phi) is 3.48. The van der Waals surface area contributed by atoms with Gasteiger partial charge in [0.25, 0.3) is 5.69 Å². The number of nitro groups is 1. The molecule has 0 saturated carbocycles. The molecule has 6 nitrogen and oxygen atoms in total. The zero-order valence-electron chi connectivity index (χ0n) is 8.71. The van der Waals surface area contributed by atoms with Crippen molar-refractivity contribution in [3.05, 3.63) is 33.9 Å². The number of anilines is 1. The van der Waals surface area contributed by atoms with Crippen LogP contribution in [-0.2, 0) is 16.3 Å². The zero-order chi connectivity index (χ0) is 12.3. The molecule has 0 bridgehead atoms. The van der Waals surface area contributed by atoms with Crippen molar-refractivity contribution >= 4 is 21.2 Å². The zero-order valence-corrected chi connectivity index (χ0v) is 9.53. The van der Waals surface area contributed by atoms with Gasteiger partial charge in [0.2, 0.25) is 0 Å². The first kappa shape index (κ1) is 12.4. The number of nitro benzene ring substituents is 1. The summed E-state index contributed by atoms with van der Waals surface area (Å²) in [5, 5.41) is 10.6. The van der Waals surface area contributed by atoms with Gasteiger partial charge in [0.15, 0.2) is 0 Å². The van der Waals surface area contributed by atoms with Gasteiger partial charge in [-0.1, -0.05) is 12.1 Å². The lowest BCUT2D eigenvalue weighted by molar-refractivity contribution is -0.383. The molecule has 0 radical (unpaired) electrons. The monoisotopic (exact) mass is 244 g/mol. The second-order valence-corrected chi connectivity index (χ2v) is 5.75. The molecular formula is C9H12N2O4S. The van der Waals surface area contributed by atoms with Crippen molar-refractivity contribution in [1.29, 1.82) is 0 Å². The molecule has 0 aliphatic carbocycles. The van der Waals surface area contributed by atoms with Crippen LogP contribution in [0.25, 0.3) is 0 Å². The highest BCUT2D eigenvalue weighted by Crippen LogP contribution is 2.25. The predicted octanol–water partition coefficient (Wildman–Crippen LogP) is 0.764. The van der Waals surface area contributed by atoms with E-state index in [9.17, 15) is 18.5 Å². The summed E-state index contributed by atoms with van der Waals surface area (Å²) < 4.78 is 21.9. The van der Waals surface area contributed by atoms with Crippen LogP contribution in [0.2, 0.25) is 0 Å². The minimum absolute atomic E-state index is 0.0381. The second-order valence-electron chi connectivity index (χ2n) is 3.49. The fourth-order valence-electron chi connectivity index (χ4n) is 1.27. The maximum atomic E-state index is 11.0. The van der Waals surface area contributed by atoms with Crippen molar-refractivity contribution in [3.8, 4) is 0 Å². The summed E-state index contributed by atoms with van der Waals surface area (Å²) in [6, 6.07) is 4.37. The Bertz CT molecular complexity index is 510. The van der Waals surface area contributed by atoms with Crippen LogP contribution >= 0.6 is 0 Å². The van der Waals surface area contributed by atoms with Gasteiger partial charge in [-0.05, 0) is 12.0 Å². The fourth-order valence-corrected chi connectivity index (χ4v) is 1.86. The minimum atomic E-state index is -3.10. The number of nitrogen functional groups attached to an aromatic ring is 1. The highest BCUT2D eigenvalue weighted by Gasteiger charge is 2.15. The van der Waals surface area contributed by atoms with E-state index < -0.39 is 14.8 Å². The quantitative estimate of drug-likeness (QED) is 0.478. The molecule has 0 fully saturated rings. The maximum absolute atomic E-state index is 11.0. The van der Waals surface area contributed by atoms with E-state index in [1.54, 1.807) is 6.07 Å². The van der Waals surface area contributed by atoms with Gasteiger partial charge in [0, 0.05) is 12.3 Å². The number of hydrogen-bond acceptors (Lipinski definition) is 5. The highest BCUT2D eigenvalue weighted by molar-refractivity contribution is 7.90.